The van der Waals surface area contributed by atoms with E-state index < -0.39 is 0 Å². The molecular weight excluding hydrogens is 276 g/mol. The molecule has 0 radical (unpaired) electrons. The first-order chi connectivity index (χ1) is 10.2. The Balaban J connectivity index is 1.57. The van der Waals surface area contributed by atoms with Crippen LogP contribution in [-0.2, 0) is 19.3 Å². The minimum absolute atomic E-state index is 0.283. The molecule has 21 heavy (non-hydrogen) atoms. The van der Waals surface area contributed by atoms with E-state index >= 15 is 0 Å². The summed E-state index contributed by atoms with van der Waals surface area (Å²) in [4.78, 5) is 1.27. The van der Waals surface area contributed by atoms with Gasteiger partial charge in [-0.1, -0.05) is 36.4 Å². The van der Waals surface area contributed by atoms with Gasteiger partial charge in [0.1, 0.15) is 0 Å². The van der Waals surface area contributed by atoms with Crippen molar-refractivity contribution in [2.24, 2.45) is 0 Å². The van der Waals surface area contributed by atoms with Crippen LogP contribution in [0.25, 0.3) is 0 Å². The Kier molecular flexibility index (Phi) is 4.67. The predicted octanol–water partition coefficient (Wildman–Crippen LogP) is 4.18. The summed E-state index contributed by atoms with van der Waals surface area (Å²) < 4.78 is 0. The molecule has 1 N–H and O–H groups in total. The highest BCUT2D eigenvalue weighted by Crippen LogP contribution is 2.25. The van der Waals surface area contributed by atoms with Crippen molar-refractivity contribution < 1.29 is 5.11 Å². The van der Waals surface area contributed by atoms with Gasteiger partial charge >= 0.3 is 0 Å². The standard InChI is InChI=1S/C19H22OS/c1-14-5-2-3-8-19(14)21-13-18(20)12-15-9-10-16-6-4-7-17(16)11-15/h2-3,5,8-11,18,20H,4,6-7,12-13H2,1H3. The Morgan fingerprint density at radius 3 is 2.76 bits per heavy atom. The molecule has 0 spiro atoms. The number of aryl methyl sites for hydroxylation is 3. The normalized spacial score (nSPS) is 15.0. The number of aliphatic hydroxyl groups excluding tert-OH is 1. The summed E-state index contributed by atoms with van der Waals surface area (Å²) in [6.45, 7) is 2.12. The van der Waals surface area contributed by atoms with E-state index in [4.69, 9.17) is 0 Å². The fourth-order valence-corrected chi connectivity index (χ4v) is 3.95. The minimum atomic E-state index is -0.283. The molecule has 1 aliphatic carbocycles. The van der Waals surface area contributed by atoms with Gasteiger partial charge in [0.25, 0.3) is 0 Å². The molecule has 0 aliphatic heterocycles. The van der Waals surface area contributed by atoms with E-state index in [1.165, 1.54) is 46.4 Å². The van der Waals surface area contributed by atoms with Gasteiger partial charge in [0, 0.05) is 10.6 Å². The fraction of sp³-hybridized carbons (Fsp3) is 0.368. The Hall–Kier alpha value is -1.25. The fourth-order valence-electron chi connectivity index (χ4n) is 2.99. The number of fused-ring (bicyclic) bond motifs is 1. The third-order valence-corrected chi connectivity index (χ3v) is 5.48. The van der Waals surface area contributed by atoms with Crippen molar-refractivity contribution in [3.8, 4) is 0 Å². The zero-order chi connectivity index (χ0) is 14.7. The van der Waals surface area contributed by atoms with Crippen LogP contribution in [-0.4, -0.2) is 17.0 Å². The highest BCUT2D eigenvalue weighted by molar-refractivity contribution is 7.99. The lowest BCUT2D eigenvalue weighted by molar-refractivity contribution is 0.200. The van der Waals surface area contributed by atoms with Crippen molar-refractivity contribution >= 4 is 11.8 Å². The molecule has 0 bridgehead atoms. The van der Waals surface area contributed by atoms with E-state index in [0.29, 0.717) is 0 Å². The molecule has 0 fully saturated rings. The lowest BCUT2D eigenvalue weighted by atomic mass is 10.0. The van der Waals surface area contributed by atoms with Crippen LogP contribution >= 0.6 is 11.8 Å². The van der Waals surface area contributed by atoms with Gasteiger partial charge in [0.15, 0.2) is 0 Å². The molecule has 0 saturated carbocycles. The van der Waals surface area contributed by atoms with Crippen LogP contribution < -0.4 is 0 Å². The first-order valence-corrected chi connectivity index (χ1v) is 8.68. The number of aliphatic hydroxyl groups is 1. The molecule has 3 rings (SSSR count). The van der Waals surface area contributed by atoms with Gasteiger partial charge in [-0.2, -0.15) is 0 Å². The molecule has 1 unspecified atom stereocenters. The largest absolute Gasteiger partial charge is 0.392 e. The second-order valence-corrected chi connectivity index (χ2v) is 6.95. The second kappa shape index (κ2) is 6.67. The Bertz CT molecular complexity index is 621. The maximum atomic E-state index is 10.3. The van der Waals surface area contributed by atoms with Crippen molar-refractivity contribution in [2.75, 3.05) is 5.75 Å². The van der Waals surface area contributed by atoms with Crippen LogP contribution in [0.15, 0.2) is 47.4 Å². The molecule has 2 aromatic rings. The molecule has 0 amide bonds. The maximum Gasteiger partial charge on any atom is 0.0674 e. The van der Waals surface area contributed by atoms with Gasteiger partial charge in [-0.25, -0.2) is 0 Å². The van der Waals surface area contributed by atoms with Gasteiger partial charge < -0.3 is 5.11 Å². The Morgan fingerprint density at radius 2 is 1.90 bits per heavy atom. The highest BCUT2D eigenvalue weighted by atomic mass is 32.2. The van der Waals surface area contributed by atoms with Gasteiger partial charge in [-0.15, -0.1) is 11.8 Å². The summed E-state index contributed by atoms with van der Waals surface area (Å²) in [5, 5.41) is 10.3. The third-order valence-electron chi connectivity index (χ3n) is 4.16. The van der Waals surface area contributed by atoms with E-state index in [-0.39, 0.29) is 6.10 Å². The molecule has 1 aliphatic rings. The van der Waals surface area contributed by atoms with E-state index in [9.17, 15) is 5.11 Å². The van der Waals surface area contributed by atoms with E-state index in [1.54, 1.807) is 11.8 Å². The van der Waals surface area contributed by atoms with Gasteiger partial charge in [0.2, 0.25) is 0 Å². The molecule has 110 valence electrons. The van der Waals surface area contributed by atoms with Crippen molar-refractivity contribution in [2.45, 2.75) is 43.6 Å². The molecule has 1 atom stereocenters. The number of hydrogen-bond acceptors (Lipinski definition) is 2. The third kappa shape index (κ3) is 3.69. The summed E-state index contributed by atoms with van der Waals surface area (Å²) in [7, 11) is 0. The van der Waals surface area contributed by atoms with Gasteiger partial charge in [0.05, 0.1) is 6.10 Å². The van der Waals surface area contributed by atoms with E-state index in [0.717, 1.165) is 12.2 Å². The van der Waals surface area contributed by atoms with Crippen LogP contribution in [0.3, 0.4) is 0 Å². The van der Waals surface area contributed by atoms with Crippen molar-refractivity contribution in [1.82, 2.24) is 0 Å². The first-order valence-electron chi connectivity index (χ1n) is 7.69. The average molecular weight is 298 g/mol. The molecule has 2 heteroatoms. The summed E-state index contributed by atoms with van der Waals surface area (Å²) in [5.74, 6) is 0.752. The number of rotatable bonds is 5. The number of hydrogen-bond donors (Lipinski definition) is 1. The molecule has 0 saturated heterocycles. The Labute approximate surface area is 131 Å². The number of thioether (sulfide) groups is 1. The zero-order valence-corrected chi connectivity index (χ0v) is 13.3. The smallest absolute Gasteiger partial charge is 0.0674 e. The highest BCUT2D eigenvalue weighted by Gasteiger charge is 2.13. The second-order valence-electron chi connectivity index (χ2n) is 5.89. The topological polar surface area (TPSA) is 20.2 Å². The minimum Gasteiger partial charge on any atom is -0.392 e. The van der Waals surface area contributed by atoms with Gasteiger partial charge in [-0.3, -0.25) is 0 Å². The van der Waals surface area contributed by atoms with Crippen LogP contribution in [0.4, 0.5) is 0 Å². The lowest BCUT2D eigenvalue weighted by Crippen LogP contribution is -2.13. The Morgan fingerprint density at radius 1 is 1.10 bits per heavy atom. The quantitative estimate of drug-likeness (QED) is 0.836. The molecule has 2 aromatic carbocycles. The lowest BCUT2D eigenvalue weighted by Gasteiger charge is -2.12. The summed E-state index contributed by atoms with van der Waals surface area (Å²) >= 11 is 1.75. The molecular formula is C19H22OS. The monoisotopic (exact) mass is 298 g/mol. The average Bonchev–Trinajstić information content (AvgIpc) is 2.94. The van der Waals surface area contributed by atoms with Crippen LogP contribution in [0.5, 0.6) is 0 Å². The first kappa shape index (κ1) is 14.7. The van der Waals surface area contributed by atoms with Crippen LogP contribution in [0.2, 0.25) is 0 Å². The van der Waals surface area contributed by atoms with Crippen molar-refractivity contribution in [1.29, 1.82) is 0 Å². The molecule has 1 nitrogen and oxygen atoms in total. The summed E-state index contributed by atoms with van der Waals surface area (Å²) in [5.41, 5.74) is 5.55. The van der Waals surface area contributed by atoms with Crippen LogP contribution in [0.1, 0.15) is 28.7 Å². The molecule has 0 heterocycles. The van der Waals surface area contributed by atoms with Crippen molar-refractivity contribution in [3.63, 3.8) is 0 Å². The SMILES string of the molecule is Cc1ccccc1SCC(O)Cc1ccc2c(c1)CCC2. The van der Waals surface area contributed by atoms with E-state index in [2.05, 4.69) is 49.4 Å². The van der Waals surface area contributed by atoms with Crippen LogP contribution in [0, 0.1) is 6.92 Å². The van der Waals surface area contributed by atoms with Crippen molar-refractivity contribution in [3.05, 3.63) is 64.7 Å². The van der Waals surface area contributed by atoms with E-state index in [1.807, 2.05) is 0 Å². The van der Waals surface area contributed by atoms with Gasteiger partial charge in [-0.05, 0) is 60.9 Å². The summed E-state index contributed by atoms with van der Waals surface area (Å²) in [6, 6.07) is 15.1. The maximum absolute atomic E-state index is 10.3. The predicted molar refractivity (Wildman–Crippen MR) is 90.1 cm³/mol. The summed E-state index contributed by atoms with van der Waals surface area (Å²) in [6.07, 6.45) is 4.18. The number of benzene rings is 2. The molecule has 0 aromatic heterocycles. The zero-order valence-electron chi connectivity index (χ0n) is 12.5.